The summed E-state index contributed by atoms with van der Waals surface area (Å²) in [6.07, 6.45) is -2.50. The Labute approximate surface area is 184 Å². The van der Waals surface area contributed by atoms with Crippen LogP contribution in [-0.4, -0.2) is 51.0 Å². The Morgan fingerprint density at radius 3 is 2.47 bits per heavy atom. The quantitative estimate of drug-likeness (QED) is 0.595. The number of alkyl halides is 3. The van der Waals surface area contributed by atoms with Crippen LogP contribution in [-0.2, 0) is 19.6 Å². The number of halogens is 3. The highest BCUT2D eigenvalue weighted by Crippen LogP contribution is 2.32. The SMILES string of the molecule is COC(=O)CS(=O)(=O)N1CC=C(c2ccc(-c3cccc(OC(F)(F)F)c3)c(C)c2)CC1. The lowest BCUT2D eigenvalue weighted by Gasteiger charge is -2.25. The molecule has 32 heavy (non-hydrogen) atoms. The van der Waals surface area contributed by atoms with Gasteiger partial charge in [0.15, 0.2) is 5.75 Å². The van der Waals surface area contributed by atoms with Gasteiger partial charge >= 0.3 is 12.3 Å². The van der Waals surface area contributed by atoms with Gasteiger partial charge in [0.1, 0.15) is 5.75 Å². The number of esters is 1. The third kappa shape index (κ3) is 5.89. The van der Waals surface area contributed by atoms with Crippen LogP contribution in [0.25, 0.3) is 16.7 Å². The lowest BCUT2D eigenvalue weighted by molar-refractivity contribution is -0.274. The number of carbonyl (C=O) groups is 1. The number of hydrogen-bond donors (Lipinski definition) is 0. The molecular weight excluding hydrogens is 447 g/mol. The Hall–Kier alpha value is -2.85. The molecule has 1 aliphatic rings. The average molecular weight is 469 g/mol. The van der Waals surface area contributed by atoms with Gasteiger partial charge in [-0.3, -0.25) is 4.79 Å². The highest BCUT2D eigenvalue weighted by molar-refractivity contribution is 7.89. The molecule has 3 rings (SSSR count). The standard InChI is InChI=1S/C22H22F3NO5S/c1-15-12-17(16-8-10-26(11-9-16)32(28,29)14-21(27)30-2)6-7-20(15)18-4-3-5-19(13-18)31-22(23,24)25/h3-8,12-13H,9-11,14H2,1-2H3. The zero-order valence-electron chi connectivity index (χ0n) is 17.5. The average Bonchev–Trinajstić information content (AvgIpc) is 2.72. The largest absolute Gasteiger partial charge is 0.573 e. The summed E-state index contributed by atoms with van der Waals surface area (Å²) >= 11 is 0. The van der Waals surface area contributed by atoms with E-state index < -0.39 is 28.1 Å². The summed E-state index contributed by atoms with van der Waals surface area (Å²) in [5, 5.41) is 0. The predicted octanol–water partition coefficient (Wildman–Crippen LogP) is 4.15. The molecule has 0 saturated heterocycles. The molecule has 0 aromatic heterocycles. The van der Waals surface area contributed by atoms with Crippen LogP contribution in [0.1, 0.15) is 17.5 Å². The Balaban J connectivity index is 1.77. The molecule has 0 bridgehead atoms. The van der Waals surface area contributed by atoms with Crippen molar-refractivity contribution in [1.29, 1.82) is 0 Å². The molecule has 1 aliphatic heterocycles. The van der Waals surface area contributed by atoms with Gasteiger partial charge in [-0.25, -0.2) is 8.42 Å². The zero-order chi connectivity index (χ0) is 23.5. The number of sulfonamides is 1. The van der Waals surface area contributed by atoms with Crippen molar-refractivity contribution in [3.05, 3.63) is 59.7 Å². The zero-order valence-corrected chi connectivity index (χ0v) is 18.3. The van der Waals surface area contributed by atoms with Crippen LogP contribution in [0.2, 0.25) is 0 Å². The number of hydrogen-bond acceptors (Lipinski definition) is 5. The first-order valence-electron chi connectivity index (χ1n) is 9.69. The smallest absolute Gasteiger partial charge is 0.468 e. The fraction of sp³-hybridized carbons (Fsp3) is 0.318. The highest BCUT2D eigenvalue weighted by atomic mass is 32.2. The topological polar surface area (TPSA) is 72.9 Å². The van der Waals surface area contributed by atoms with Crippen molar-refractivity contribution >= 4 is 21.6 Å². The van der Waals surface area contributed by atoms with E-state index >= 15 is 0 Å². The van der Waals surface area contributed by atoms with Crippen molar-refractivity contribution in [3.63, 3.8) is 0 Å². The molecule has 0 radical (unpaired) electrons. The lowest BCUT2D eigenvalue weighted by Crippen LogP contribution is -2.38. The lowest BCUT2D eigenvalue weighted by atomic mass is 9.93. The molecule has 0 atom stereocenters. The molecule has 1 heterocycles. The van der Waals surface area contributed by atoms with E-state index in [1.165, 1.54) is 22.5 Å². The van der Waals surface area contributed by atoms with Crippen LogP contribution in [0.4, 0.5) is 13.2 Å². The van der Waals surface area contributed by atoms with Gasteiger partial charge in [-0.2, -0.15) is 4.31 Å². The second-order valence-corrected chi connectivity index (χ2v) is 9.24. The number of nitrogens with zero attached hydrogens (tertiary/aromatic N) is 1. The van der Waals surface area contributed by atoms with Gasteiger partial charge in [0.25, 0.3) is 0 Å². The van der Waals surface area contributed by atoms with Crippen LogP contribution in [0.3, 0.4) is 0 Å². The third-order valence-corrected chi connectivity index (χ3v) is 6.79. The minimum Gasteiger partial charge on any atom is -0.468 e. The van der Waals surface area contributed by atoms with E-state index in [-0.39, 0.29) is 18.8 Å². The number of carbonyl (C=O) groups excluding carboxylic acids is 1. The number of aryl methyl sites for hydroxylation is 1. The van der Waals surface area contributed by atoms with Crippen molar-refractivity contribution in [2.75, 3.05) is 26.0 Å². The van der Waals surface area contributed by atoms with E-state index in [4.69, 9.17) is 0 Å². The van der Waals surface area contributed by atoms with Crippen molar-refractivity contribution in [1.82, 2.24) is 4.31 Å². The molecule has 172 valence electrons. The van der Waals surface area contributed by atoms with Crippen molar-refractivity contribution in [2.45, 2.75) is 19.7 Å². The van der Waals surface area contributed by atoms with Gasteiger partial charge in [-0.05, 0) is 53.3 Å². The predicted molar refractivity (Wildman–Crippen MR) is 113 cm³/mol. The summed E-state index contributed by atoms with van der Waals surface area (Å²) in [7, 11) is -2.61. The van der Waals surface area contributed by atoms with Crippen LogP contribution >= 0.6 is 0 Å². The fourth-order valence-corrected chi connectivity index (χ4v) is 4.78. The van der Waals surface area contributed by atoms with Crippen LogP contribution < -0.4 is 4.74 Å². The summed E-state index contributed by atoms with van der Waals surface area (Å²) in [6.45, 7) is 2.24. The molecule has 0 unspecified atom stereocenters. The highest BCUT2D eigenvalue weighted by Gasteiger charge is 2.31. The first-order valence-corrected chi connectivity index (χ1v) is 11.3. The molecule has 2 aromatic rings. The molecule has 0 fully saturated rings. The van der Waals surface area contributed by atoms with Crippen molar-refractivity contribution in [3.8, 4) is 16.9 Å². The van der Waals surface area contributed by atoms with E-state index in [1.54, 1.807) is 12.1 Å². The van der Waals surface area contributed by atoms with Gasteiger partial charge in [0, 0.05) is 13.1 Å². The molecule has 6 nitrogen and oxygen atoms in total. The summed E-state index contributed by atoms with van der Waals surface area (Å²) in [6, 6.07) is 11.4. The van der Waals surface area contributed by atoms with E-state index in [0.29, 0.717) is 12.0 Å². The molecule has 0 aliphatic carbocycles. The second kappa shape index (κ2) is 9.33. The molecule has 0 amide bonds. The van der Waals surface area contributed by atoms with Crippen LogP contribution in [0.15, 0.2) is 48.5 Å². The van der Waals surface area contributed by atoms with E-state index in [0.717, 1.165) is 29.4 Å². The molecule has 0 saturated carbocycles. The molecular formula is C22H22F3NO5S. The monoisotopic (exact) mass is 469 g/mol. The Bertz CT molecular complexity index is 1140. The summed E-state index contributed by atoms with van der Waals surface area (Å²) < 4.78 is 71.7. The normalized spacial score (nSPS) is 15.2. The number of methoxy groups -OCH3 is 1. The first kappa shape index (κ1) is 23.8. The Morgan fingerprint density at radius 2 is 1.88 bits per heavy atom. The maximum absolute atomic E-state index is 12.5. The van der Waals surface area contributed by atoms with Gasteiger partial charge in [0.2, 0.25) is 10.0 Å². The van der Waals surface area contributed by atoms with Crippen LogP contribution in [0, 0.1) is 6.92 Å². The summed E-state index contributed by atoms with van der Waals surface area (Å²) in [5.74, 6) is -1.80. The van der Waals surface area contributed by atoms with E-state index in [9.17, 15) is 26.4 Å². The Morgan fingerprint density at radius 1 is 1.12 bits per heavy atom. The number of rotatable bonds is 6. The second-order valence-electron chi connectivity index (χ2n) is 7.28. The first-order chi connectivity index (χ1) is 15.0. The third-order valence-electron chi connectivity index (χ3n) is 5.07. The van der Waals surface area contributed by atoms with Gasteiger partial charge in [0.05, 0.1) is 7.11 Å². The molecule has 0 N–H and O–H groups in total. The number of ether oxygens (including phenoxy) is 2. The Kier molecular flexibility index (Phi) is 6.94. The molecule has 2 aromatic carbocycles. The van der Waals surface area contributed by atoms with Crippen molar-refractivity contribution < 1.29 is 35.9 Å². The number of benzene rings is 2. The van der Waals surface area contributed by atoms with Gasteiger partial charge < -0.3 is 9.47 Å². The van der Waals surface area contributed by atoms with Gasteiger partial charge in [-0.15, -0.1) is 13.2 Å². The minimum atomic E-state index is -4.76. The van der Waals surface area contributed by atoms with Crippen LogP contribution in [0.5, 0.6) is 5.75 Å². The maximum Gasteiger partial charge on any atom is 0.573 e. The fourth-order valence-electron chi connectivity index (χ4n) is 3.51. The minimum absolute atomic E-state index is 0.145. The summed E-state index contributed by atoms with van der Waals surface area (Å²) in [5.41, 5.74) is 4.07. The van der Waals surface area contributed by atoms with E-state index in [1.807, 2.05) is 25.1 Å². The van der Waals surface area contributed by atoms with E-state index in [2.05, 4.69) is 9.47 Å². The summed E-state index contributed by atoms with van der Waals surface area (Å²) in [4.78, 5) is 11.3. The van der Waals surface area contributed by atoms with Crippen molar-refractivity contribution in [2.24, 2.45) is 0 Å². The van der Waals surface area contributed by atoms with Gasteiger partial charge in [-0.1, -0.05) is 36.4 Å². The molecule has 10 heteroatoms. The maximum atomic E-state index is 12.5. The molecule has 0 spiro atoms.